The number of benzene rings is 2. The maximum absolute atomic E-state index is 12.3. The normalized spacial score (nSPS) is 15.6. The van der Waals surface area contributed by atoms with E-state index in [4.69, 9.17) is 25.8 Å². The fourth-order valence-corrected chi connectivity index (χ4v) is 2.95. The summed E-state index contributed by atoms with van der Waals surface area (Å²) in [5.74, 6) is 1.87. The van der Waals surface area contributed by atoms with Crippen LogP contribution in [-0.2, 0) is 4.79 Å². The summed E-state index contributed by atoms with van der Waals surface area (Å²) < 4.78 is 16.9. The molecule has 0 saturated heterocycles. The molecule has 6 nitrogen and oxygen atoms in total. The monoisotopic (exact) mass is 376 g/mol. The van der Waals surface area contributed by atoms with Crippen molar-refractivity contribution in [1.82, 2.24) is 4.90 Å². The van der Waals surface area contributed by atoms with Gasteiger partial charge in [-0.2, -0.15) is 0 Å². The minimum Gasteiger partial charge on any atom is -0.495 e. The predicted octanol–water partition coefficient (Wildman–Crippen LogP) is 3.06. The van der Waals surface area contributed by atoms with Crippen LogP contribution in [0.3, 0.4) is 0 Å². The zero-order chi connectivity index (χ0) is 18.5. The number of nitrogens with one attached hydrogen (secondary N) is 1. The van der Waals surface area contributed by atoms with Crippen molar-refractivity contribution in [2.75, 3.05) is 39.2 Å². The molecule has 1 atom stereocenters. The fraction of sp³-hybridized carbons (Fsp3) is 0.316. The van der Waals surface area contributed by atoms with E-state index in [1.165, 1.54) is 0 Å². The fourth-order valence-electron chi connectivity index (χ4n) is 2.78. The van der Waals surface area contributed by atoms with Gasteiger partial charge in [-0.25, -0.2) is 0 Å². The number of ether oxygens (including phenoxy) is 3. The van der Waals surface area contributed by atoms with Crippen molar-refractivity contribution in [3.63, 3.8) is 0 Å². The van der Waals surface area contributed by atoms with Crippen LogP contribution in [0, 0.1) is 0 Å². The van der Waals surface area contributed by atoms with Gasteiger partial charge in [0, 0.05) is 11.6 Å². The molecular weight excluding hydrogens is 356 g/mol. The number of halogens is 1. The Labute approximate surface area is 157 Å². The average molecular weight is 377 g/mol. The summed E-state index contributed by atoms with van der Waals surface area (Å²) in [7, 11) is 3.40. The third-order valence-corrected chi connectivity index (χ3v) is 4.17. The summed E-state index contributed by atoms with van der Waals surface area (Å²) in [5.41, 5.74) is 0.546. The highest BCUT2D eigenvalue weighted by molar-refractivity contribution is 6.31. The second-order valence-corrected chi connectivity index (χ2v) is 6.52. The van der Waals surface area contributed by atoms with Gasteiger partial charge in [-0.05, 0) is 37.4 Å². The number of anilines is 1. The van der Waals surface area contributed by atoms with Gasteiger partial charge in [0.1, 0.15) is 18.5 Å². The van der Waals surface area contributed by atoms with E-state index in [0.29, 0.717) is 29.6 Å². The topological polar surface area (TPSA) is 60.0 Å². The van der Waals surface area contributed by atoms with E-state index in [2.05, 4.69) is 5.32 Å². The van der Waals surface area contributed by atoms with Crippen LogP contribution in [0.2, 0.25) is 5.02 Å². The smallest absolute Gasteiger partial charge is 0.238 e. The number of fused-ring (bicyclic) bond motifs is 1. The minimum atomic E-state index is -0.162. The molecule has 3 rings (SSSR count). The van der Waals surface area contributed by atoms with E-state index in [1.807, 2.05) is 36.2 Å². The lowest BCUT2D eigenvalue weighted by molar-refractivity contribution is -0.117. The van der Waals surface area contributed by atoms with Crippen LogP contribution in [-0.4, -0.2) is 50.8 Å². The number of carbonyl (C=O) groups excluding carboxylic acids is 1. The first-order valence-corrected chi connectivity index (χ1v) is 8.63. The van der Waals surface area contributed by atoms with Crippen LogP contribution in [0.5, 0.6) is 17.2 Å². The molecule has 0 aliphatic carbocycles. The van der Waals surface area contributed by atoms with Gasteiger partial charge in [-0.15, -0.1) is 0 Å². The van der Waals surface area contributed by atoms with E-state index >= 15 is 0 Å². The highest BCUT2D eigenvalue weighted by atomic mass is 35.5. The number of likely N-dealkylation sites (N-methyl/N-ethyl adjacent to an activating group) is 1. The Bertz CT molecular complexity index is 784. The molecule has 0 saturated carbocycles. The zero-order valence-electron chi connectivity index (χ0n) is 14.7. The van der Waals surface area contributed by atoms with E-state index in [9.17, 15) is 4.79 Å². The highest BCUT2D eigenvalue weighted by Crippen LogP contribution is 2.31. The lowest BCUT2D eigenvalue weighted by atomic mass is 10.2. The van der Waals surface area contributed by atoms with E-state index in [0.717, 1.165) is 11.5 Å². The summed E-state index contributed by atoms with van der Waals surface area (Å²) in [4.78, 5) is 14.2. The summed E-state index contributed by atoms with van der Waals surface area (Å²) in [6.07, 6.45) is -0.136. The first kappa shape index (κ1) is 18.4. The molecule has 7 heteroatoms. The Balaban J connectivity index is 1.53. The Morgan fingerprint density at radius 3 is 2.85 bits per heavy atom. The third kappa shape index (κ3) is 4.59. The molecule has 1 heterocycles. The van der Waals surface area contributed by atoms with Crippen molar-refractivity contribution < 1.29 is 19.0 Å². The van der Waals surface area contributed by atoms with Crippen molar-refractivity contribution in [3.8, 4) is 17.2 Å². The second kappa shape index (κ2) is 8.29. The van der Waals surface area contributed by atoms with E-state index in [-0.39, 0.29) is 18.6 Å². The Kier molecular flexibility index (Phi) is 5.85. The summed E-state index contributed by atoms with van der Waals surface area (Å²) >= 11 is 5.99. The molecule has 0 aromatic heterocycles. The lowest BCUT2D eigenvalue weighted by Crippen LogP contribution is -2.42. The number of carbonyl (C=O) groups is 1. The molecule has 1 amide bonds. The van der Waals surface area contributed by atoms with Gasteiger partial charge < -0.3 is 19.5 Å². The molecule has 0 spiro atoms. The van der Waals surface area contributed by atoms with Gasteiger partial charge in [-0.1, -0.05) is 23.7 Å². The molecule has 0 radical (unpaired) electrons. The van der Waals surface area contributed by atoms with Gasteiger partial charge >= 0.3 is 0 Å². The van der Waals surface area contributed by atoms with Crippen LogP contribution in [0.1, 0.15) is 0 Å². The number of amides is 1. The molecule has 2 aromatic rings. The quantitative estimate of drug-likeness (QED) is 0.839. The lowest BCUT2D eigenvalue weighted by Gasteiger charge is -2.29. The van der Waals surface area contributed by atoms with Crippen LogP contribution < -0.4 is 19.5 Å². The van der Waals surface area contributed by atoms with E-state index < -0.39 is 0 Å². The van der Waals surface area contributed by atoms with Crippen molar-refractivity contribution in [2.24, 2.45) is 0 Å². The molecule has 26 heavy (non-hydrogen) atoms. The molecule has 0 fully saturated rings. The molecule has 1 aliphatic heterocycles. The molecule has 138 valence electrons. The Morgan fingerprint density at radius 1 is 1.31 bits per heavy atom. The number of para-hydroxylation sites is 2. The van der Waals surface area contributed by atoms with Crippen molar-refractivity contribution in [2.45, 2.75) is 6.10 Å². The van der Waals surface area contributed by atoms with Gasteiger partial charge in [0.05, 0.1) is 19.3 Å². The first-order chi connectivity index (χ1) is 12.5. The number of nitrogens with zero attached hydrogens (tertiary/aromatic N) is 1. The van der Waals surface area contributed by atoms with Crippen molar-refractivity contribution in [3.05, 3.63) is 47.5 Å². The van der Waals surface area contributed by atoms with Gasteiger partial charge in [0.2, 0.25) is 5.91 Å². The van der Waals surface area contributed by atoms with Crippen LogP contribution in [0.4, 0.5) is 5.69 Å². The molecule has 0 bridgehead atoms. The molecule has 0 unspecified atom stereocenters. The van der Waals surface area contributed by atoms with E-state index in [1.54, 1.807) is 25.3 Å². The Morgan fingerprint density at radius 2 is 2.08 bits per heavy atom. The molecule has 2 aromatic carbocycles. The zero-order valence-corrected chi connectivity index (χ0v) is 15.5. The van der Waals surface area contributed by atoms with Gasteiger partial charge in [-0.3, -0.25) is 9.69 Å². The molecular formula is C19H21ClN2O4. The summed E-state index contributed by atoms with van der Waals surface area (Å²) in [6, 6.07) is 12.6. The summed E-state index contributed by atoms with van der Waals surface area (Å²) in [5, 5.41) is 3.35. The maximum Gasteiger partial charge on any atom is 0.238 e. The maximum atomic E-state index is 12.3. The molecule has 1 aliphatic rings. The highest BCUT2D eigenvalue weighted by Gasteiger charge is 2.22. The van der Waals surface area contributed by atoms with Crippen molar-refractivity contribution >= 4 is 23.2 Å². The van der Waals surface area contributed by atoms with Crippen LogP contribution >= 0.6 is 11.6 Å². The molecule has 1 N–H and O–H groups in total. The average Bonchev–Trinajstić information content (AvgIpc) is 2.61. The SMILES string of the molecule is COc1ccc(Cl)cc1NC(=O)CN(C)C[C@@H]1COc2ccccc2O1. The Hall–Kier alpha value is -2.44. The largest absolute Gasteiger partial charge is 0.495 e. The second-order valence-electron chi connectivity index (χ2n) is 6.09. The summed E-state index contributed by atoms with van der Waals surface area (Å²) in [6.45, 7) is 1.22. The predicted molar refractivity (Wildman–Crippen MR) is 100 cm³/mol. The number of hydrogen-bond donors (Lipinski definition) is 1. The van der Waals surface area contributed by atoms with Crippen LogP contribution in [0.15, 0.2) is 42.5 Å². The van der Waals surface area contributed by atoms with Crippen molar-refractivity contribution in [1.29, 1.82) is 0 Å². The number of methoxy groups -OCH3 is 1. The third-order valence-electron chi connectivity index (χ3n) is 3.93. The minimum absolute atomic E-state index is 0.136. The van der Waals surface area contributed by atoms with Crippen LogP contribution in [0.25, 0.3) is 0 Å². The van der Waals surface area contributed by atoms with Gasteiger partial charge in [0.25, 0.3) is 0 Å². The first-order valence-electron chi connectivity index (χ1n) is 8.25. The standard InChI is InChI=1S/C19H21ClN2O4/c1-22(10-14-12-25-17-5-3-4-6-18(17)26-14)11-19(23)21-15-9-13(20)7-8-16(15)24-2/h3-9,14H,10-12H2,1-2H3,(H,21,23)/t14-/m1/s1. The van der Waals surface area contributed by atoms with Gasteiger partial charge in [0.15, 0.2) is 11.5 Å². The number of rotatable bonds is 6. The number of hydrogen-bond acceptors (Lipinski definition) is 5.